The molecule has 0 atom stereocenters. The summed E-state index contributed by atoms with van der Waals surface area (Å²) in [6.07, 6.45) is 0. The van der Waals surface area contributed by atoms with E-state index < -0.39 is 0 Å². The van der Waals surface area contributed by atoms with Crippen LogP contribution in [0.25, 0.3) is 20.9 Å². The van der Waals surface area contributed by atoms with Gasteiger partial charge in [0.25, 0.3) is 0 Å². The van der Waals surface area contributed by atoms with Crippen LogP contribution in [0.3, 0.4) is 0 Å². The van der Waals surface area contributed by atoms with Crippen molar-refractivity contribution in [2.75, 3.05) is 4.81 Å². The maximum absolute atomic E-state index is 2.56. The topological polar surface area (TPSA) is 3.24 Å². The zero-order valence-corrected chi connectivity index (χ0v) is 16.2. The van der Waals surface area contributed by atoms with Crippen molar-refractivity contribution in [2.45, 2.75) is 13.8 Å². The summed E-state index contributed by atoms with van der Waals surface area (Å²) in [5, 5.41) is 0. The van der Waals surface area contributed by atoms with Gasteiger partial charge < -0.3 is 4.81 Å². The van der Waals surface area contributed by atoms with E-state index in [1.165, 1.54) is 52.9 Å². The highest BCUT2D eigenvalue weighted by Gasteiger charge is 2.43. The molecule has 0 amide bonds. The molecule has 0 unspecified atom stereocenters. The van der Waals surface area contributed by atoms with Crippen LogP contribution in [-0.4, -0.2) is 6.85 Å². The Morgan fingerprint density at radius 3 is 1.65 bits per heavy atom. The smallest absolute Gasteiger partial charge is 0.331 e. The number of nitrogens with zero attached hydrogens (tertiary/aromatic N) is 1. The van der Waals surface area contributed by atoms with Crippen molar-refractivity contribution in [2.24, 2.45) is 0 Å². The molecule has 2 aromatic heterocycles. The Hall–Kier alpha value is -2.30. The fourth-order valence-corrected chi connectivity index (χ4v) is 6.66. The zero-order valence-electron chi connectivity index (χ0n) is 14.6. The molecule has 26 heavy (non-hydrogen) atoms. The highest BCUT2D eigenvalue weighted by Crippen LogP contribution is 2.48. The monoisotopic (exact) mass is 369 g/mol. The Kier molecular flexibility index (Phi) is 2.92. The predicted molar refractivity (Wildman–Crippen MR) is 116 cm³/mol. The van der Waals surface area contributed by atoms with E-state index in [1.54, 1.807) is 0 Å². The van der Waals surface area contributed by atoms with E-state index in [9.17, 15) is 0 Å². The molecule has 4 aromatic rings. The summed E-state index contributed by atoms with van der Waals surface area (Å²) in [7, 11) is 0. The Balaban J connectivity index is 1.77. The third-order valence-corrected chi connectivity index (χ3v) is 7.63. The number of hydrogen-bond donors (Lipinski definition) is 0. The summed E-state index contributed by atoms with van der Waals surface area (Å²) in [6.45, 7) is 4.73. The predicted octanol–water partition coefficient (Wildman–Crippen LogP) is 5.33. The molecule has 0 N–H and O–H groups in total. The summed E-state index contributed by atoms with van der Waals surface area (Å²) in [5.41, 5.74) is 8.30. The fraction of sp³-hybridized carbons (Fsp3) is 0.0909. The molecule has 2 aliphatic heterocycles. The van der Waals surface area contributed by atoms with Gasteiger partial charge in [-0.05, 0) is 36.9 Å². The summed E-state index contributed by atoms with van der Waals surface area (Å²) in [4.78, 5) is 8.22. The molecule has 0 fully saturated rings. The first-order valence-electron chi connectivity index (χ1n) is 8.91. The Morgan fingerprint density at radius 2 is 1.15 bits per heavy atom. The molecule has 2 aliphatic rings. The molecule has 0 aliphatic carbocycles. The lowest BCUT2D eigenvalue weighted by atomic mass is 9.45. The van der Waals surface area contributed by atoms with Crippen molar-refractivity contribution in [1.29, 1.82) is 0 Å². The first kappa shape index (κ1) is 14.8. The second-order valence-electron chi connectivity index (χ2n) is 7.09. The summed E-state index contributed by atoms with van der Waals surface area (Å²) < 4.78 is 0. The molecule has 0 spiro atoms. The van der Waals surface area contributed by atoms with Gasteiger partial charge in [-0.1, -0.05) is 48.5 Å². The summed E-state index contributed by atoms with van der Waals surface area (Å²) in [6, 6.07) is 22.6. The van der Waals surface area contributed by atoms with Crippen LogP contribution in [-0.2, 0) is 0 Å². The average molecular weight is 369 g/mol. The minimum Gasteiger partial charge on any atom is -0.376 e. The lowest BCUT2D eigenvalue weighted by Gasteiger charge is -2.41. The van der Waals surface area contributed by atoms with E-state index in [0.717, 1.165) is 0 Å². The van der Waals surface area contributed by atoms with E-state index >= 15 is 0 Å². The van der Waals surface area contributed by atoms with Gasteiger partial charge >= 0.3 is 6.85 Å². The van der Waals surface area contributed by atoms with Gasteiger partial charge in [0.1, 0.15) is 0 Å². The van der Waals surface area contributed by atoms with Crippen LogP contribution in [0.4, 0.5) is 11.4 Å². The molecule has 6 rings (SSSR count). The summed E-state index contributed by atoms with van der Waals surface area (Å²) in [5.74, 6) is 0. The quantitative estimate of drug-likeness (QED) is 0.379. The van der Waals surface area contributed by atoms with Gasteiger partial charge in [0.2, 0.25) is 0 Å². The average Bonchev–Trinajstić information content (AvgIpc) is 3.23. The first-order valence-corrected chi connectivity index (χ1v) is 10.5. The summed E-state index contributed by atoms with van der Waals surface area (Å²) >= 11 is 3.86. The molecule has 1 nitrogen and oxygen atoms in total. The first-order chi connectivity index (χ1) is 12.7. The van der Waals surface area contributed by atoms with E-state index in [2.05, 4.69) is 79.3 Å². The van der Waals surface area contributed by atoms with Crippen molar-refractivity contribution < 1.29 is 0 Å². The number of benzene rings is 2. The van der Waals surface area contributed by atoms with Gasteiger partial charge in [-0.25, -0.2) is 0 Å². The van der Waals surface area contributed by atoms with Crippen LogP contribution in [0, 0.1) is 13.8 Å². The third-order valence-electron chi connectivity index (χ3n) is 5.43. The van der Waals surface area contributed by atoms with E-state index in [0.29, 0.717) is 0 Å². The lowest BCUT2D eigenvalue weighted by molar-refractivity contribution is 1.37. The van der Waals surface area contributed by atoms with Crippen LogP contribution in [0.5, 0.6) is 0 Å². The van der Waals surface area contributed by atoms with E-state index in [4.69, 9.17) is 0 Å². The molecule has 0 bridgehead atoms. The maximum atomic E-state index is 2.56. The van der Waals surface area contributed by atoms with Crippen molar-refractivity contribution in [3.63, 3.8) is 0 Å². The van der Waals surface area contributed by atoms with Crippen molar-refractivity contribution in [3.8, 4) is 20.9 Å². The highest BCUT2D eigenvalue weighted by molar-refractivity contribution is 7.21. The second kappa shape index (κ2) is 5.12. The number of rotatable bonds is 0. The number of aryl methyl sites for hydroxylation is 2. The second-order valence-corrected chi connectivity index (χ2v) is 9.60. The molecular formula is C22H16BNS2. The lowest BCUT2D eigenvalue weighted by Crippen LogP contribution is -2.58. The van der Waals surface area contributed by atoms with Crippen LogP contribution in [0.15, 0.2) is 60.7 Å². The number of thiophene rings is 2. The van der Waals surface area contributed by atoms with Crippen LogP contribution in [0.1, 0.15) is 9.75 Å². The van der Waals surface area contributed by atoms with Crippen LogP contribution >= 0.6 is 22.7 Å². The van der Waals surface area contributed by atoms with Crippen molar-refractivity contribution in [3.05, 3.63) is 70.4 Å². The zero-order chi connectivity index (χ0) is 17.4. The molecule has 4 heterocycles. The van der Waals surface area contributed by atoms with E-state index in [-0.39, 0.29) is 6.85 Å². The van der Waals surface area contributed by atoms with Gasteiger partial charge in [0, 0.05) is 42.0 Å². The minimum atomic E-state index is 0.277. The van der Waals surface area contributed by atoms with Gasteiger partial charge in [-0.15, -0.1) is 22.7 Å². The molecule has 124 valence electrons. The van der Waals surface area contributed by atoms with Crippen LogP contribution < -0.4 is 15.7 Å². The van der Waals surface area contributed by atoms with E-state index in [1.807, 2.05) is 22.7 Å². The molecule has 4 heteroatoms. The largest absolute Gasteiger partial charge is 0.376 e. The number of fused-ring (bicyclic) bond motifs is 11. The molecule has 0 radical (unpaired) electrons. The molecule has 0 saturated carbocycles. The van der Waals surface area contributed by atoms with Crippen molar-refractivity contribution >= 4 is 51.8 Å². The normalized spacial score (nSPS) is 13.6. The van der Waals surface area contributed by atoms with Gasteiger partial charge in [-0.2, -0.15) is 0 Å². The number of para-hydroxylation sites is 2. The Labute approximate surface area is 161 Å². The van der Waals surface area contributed by atoms with Gasteiger partial charge in [0.05, 0.1) is 0 Å². The third kappa shape index (κ3) is 1.81. The minimum absolute atomic E-state index is 0.277. The van der Waals surface area contributed by atoms with Crippen molar-refractivity contribution in [1.82, 2.24) is 0 Å². The van der Waals surface area contributed by atoms with Crippen LogP contribution in [0.2, 0.25) is 0 Å². The fourth-order valence-electron chi connectivity index (χ4n) is 4.50. The van der Waals surface area contributed by atoms with Gasteiger partial charge in [0.15, 0.2) is 0 Å². The Morgan fingerprint density at radius 1 is 0.692 bits per heavy atom. The standard InChI is InChI=1S/C22H16BNS2/c1-13-11-17-21(25-13)15-7-3-5-9-19(15)24-20-10-6-4-8-16(20)22-18(23(17)24)12-14(2)26-22/h3-12H,1-2H3. The highest BCUT2D eigenvalue weighted by atomic mass is 32.1. The molecule has 2 aromatic carbocycles. The van der Waals surface area contributed by atoms with Gasteiger partial charge in [-0.3, -0.25) is 0 Å². The Bertz CT molecular complexity index is 1090. The molecular weight excluding hydrogens is 353 g/mol. The molecule has 0 saturated heterocycles. The maximum Gasteiger partial charge on any atom is 0.331 e. The number of hydrogen-bond acceptors (Lipinski definition) is 3. The SMILES string of the molecule is Cc1cc2c(s1)-c1ccccc1N1B2c2cc(C)sc2-c2ccccc21. The number of anilines is 2.